The third kappa shape index (κ3) is 5.08. The first-order valence-electron chi connectivity index (χ1n) is 5.80. The van der Waals surface area contributed by atoms with Gasteiger partial charge in [-0.05, 0) is 44.5 Å². The minimum Gasteiger partial charge on any atom is -0.383 e. The lowest BCUT2D eigenvalue weighted by molar-refractivity contribution is 0.600. The Bertz CT molecular complexity index is 438. The van der Waals surface area contributed by atoms with Crippen LogP contribution in [0.15, 0.2) is 24.3 Å². The number of rotatable bonds is 6. The first-order chi connectivity index (χ1) is 7.93. The van der Waals surface area contributed by atoms with Crippen molar-refractivity contribution in [1.29, 1.82) is 0 Å². The van der Waals surface area contributed by atoms with Crippen molar-refractivity contribution in [3.8, 4) is 0 Å². The molecule has 0 aliphatic heterocycles. The third-order valence-electron chi connectivity index (χ3n) is 2.09. The van der Waals surface area contributed by atoms with Gasteiger partial charge in [-0.3, -0.25) is 4.72 Å². The van der Waals surface area contributed by atoms with Gasteiger partial charge in [0.25, 0.3) is 0 Å². The summed E-state index contributed by atoms with van der Waals surface area (Å²) in [5, 5.41) is 3.24. The van der Waals surface area contributed by atoms with Gasteiger partial charge in [0.05, 0.1) is 5.75 Å². The van der Waals surface area contributed by atoms with Gasteiger partial charge in [0.1, 0.15) is 0 Å². The van der Waals surface area contributed by atoms with Gasteiger partial charge >= 0.3 is 0 Å². The highest BCUT2D eigenvalue weighted by atomic mass is 32.2. The molecule has 0 saturated heterocycles. The average Bonchev–Trinajstić information content (AvgIpc) is 2.19. The number of sulfonamides is 1. The first kappa shape index (κ1) is 13.8. The number of benzene rings is 1. The lowest BCUT2D eigenvalue weighted by atomic mass is 10.2. The lowest BCUT2D eigenvalue weighted by Crippen LogP contribution is -2.16. The minimum atomic E-state index is -3.19. The van der Waals surface area contributed by atoms with Crippen molar-refractivity contribution in [1.82, 2.24) is 0 Å². The molecule has 0 bridgehead atoms. The van der Waals surface area contributed by atoms with Crippen LogP contribution in [0.5, 0.6) is 0 Å². The molecule has 5 heteroatoms. The molecule has 0 aliphatic carbocycles. The van der Waals surface area contributed by atoms with Crippen molar-refractivity contribution in [3.63, 3.8) is 0 Å². The fraction of sp³-hybridized carbons (Fsp3) is 0.500. The highest BCUT2D eigenvalue weighted by Crippen LogP contribution is 2.15. The molecule has 1 aromatic rings. The van der Waals surface area contributed by atoms with Crippen molar-refractivity contribution >= 4 is 21.4 Å². The van der Waals surface area contributed by atoms with Gasteiger partial charge in [0.15, 0.2) is 0 Å². The fourth-order valence-electron chi connectivity index (χ4n) is 1.47. The maximum absolute atomic E-state index is 11.5. The van der Waals surface area contributed by atoms with Gasteiger partial charge in [0, 0.05) is 17.4 Å². The Balaban J connectivity index is 2.68. The molecule has 1 aromatic carbocycles. The molecule has 0 saturated carbocycles. The van der Waals surface area contributed by atoms with Gasteiger partial charge in [-0.25, -0.2) is 8.42 Å². The maximum Gasteiger partial charge on any atom is 0.232 e. The smallest absolute Gasteiger partial charge is 0.232 e. The van der Waals surface area contributed by atoms with E-state index in [9.17, 15) is 8.42 Å². The number of nitrogens with one attached hydrogen (secondary N) is 2. The molecule has 0 atom stereocenters. The van der Waals surface area contributed by atoms with Crippen LogP contribution in [0.25, 0.3) is 0 Å². The van der Waals surface area contributed by atoms with Gasteiger partial charge in [-0.15, -0.1) is 0 Å². The van der Waals surface area contributed by atoms with Crippen molar-refractivity contribution in [2.24, 2.45) is 0 Å². The van der Waals surface area contributed by atoms with Crippen LogP contribution >= 0.6 is 0 Å². The quantitative estimate of drug-likeness (QED) is 0.822. The normalized spacial score (nSPS) is 11.5. The van der Waals surface area contributed by atoms with E-state index in [0.29, 0.717) is 18.2 Å². The van der Waals surface area contributed by atoms with Crippen LogP contribution in [0, 0.1) is 0 Å². The van der Waals surface area contributed by atoms with Crippen LogP contribution < -0.4 is 10.0 Å². The second-order valence-corrected chi connectivity index (χ2v) is 6.14. The molecular weight excluding hydrogens is 236 g/mol. The zero-order valence-corrected chi connectivity index (χ0v) is 11.3. The average molecular weight is 256 g/mol. The summed E-state index contributed by atoms with van der Waals surface area (Å²) in [6.45, 7) is 5.95. The Hall–Kier alpha value is -1.23. The van der Waals surface area contributed by atoms with Crippen molar-refractivity contribution in [3.05, 3.63) is 24.3 Å². The molecule has 0 aromatic heterocycles. The minimum absolute atomic E-state index is 0.152. The van der Waals surface area contributed by atoms with E-state index in [-0.39, 0.29) is 5.75 Å². The Morgan fingerprint density at radius 2 is 1.65 bits per heavy atom. The molecule has 0 fully saturated rings. The summed E-state index contributed by atoms with van der Waals surface area (Å²) >= 11 is 0. The molecule has 0 unspecified atom stereocenters. The van der Waals surface area contributed by atoms with Crippen LogP contribution in [-0.2, 0) is 10.0 Å². The predicted octanol–water partition coefficient (Wildman–Crippen LogP) is 2.66. The van der Waals surface area contributed by atoms with E-state index in [1.54, 1.807) is 12.1 Å². The second kappa shape index (κ2) is 5.91. The number of anilines is 2. The Morgan fingerprint density at radius 3 is 2.12 bits per heavy atom. The summed E-state index contributed by atoms with van der Waals surface area (Å²) in [6, 6.07) is 7.61. The molecule has 1 rings (SSSR count). The van der Waals surface area contributed by atoms with Crippen LogP contribution in [0.3, 0.4) is 0 Å². The highest BCUT2D eigenvalue weighted by molar-refractivity contribution is 7.92. The molecule has 17 heavy (non-hydrogen) atoms. The summed E-state index contributed by atoms with van der Waals surface area (Å²) in [4.78, 5) is 0. The molecule has 0 aliphatic rings. The van der Waals surface area contributed by atoms with Crippen LogP contribution in [0.1, 0.15) is 27.2 Å². The second-order valence-electron chi connectivity index (χ2n) is 4.30. The summed E-state index contributed by atoms with van der Waals surface area (Å²) in [5.74, 6) is 0.152. The van der Waals surface area contributed by atoms with E-state index in [2.05, 4.69) is 23.9 Å². The monoisotopic (exact) mass is 256 g/mol. The zero-order chi connectivity index (χ0) is 12.9. The van der Waals surface area contributed by atoms with Gasteiger partial charge < -0.3 is 5.32 Å². The van der Waals surface area contributed by atoms with E-state index >= 15 is 0 Å². The summed E-state index contributed by atoms with van der Waals surface area (Å²) in [5.41, 5.74) is 1.59. The standard InChI is InChI=1S/C12H20N2O2S/c1-4-9-17(15,16)14-12-7-5-11(6-8-12)13-10(2)3/h5-8,10,13-14H,4,9H2,1-3H3. The van der Waals surface area contributed by atoms with Crippen molar-refractivity contribution in [2.75, 3.05) is 15.8 Å². The Morgan fingerprint density at radius 1 is 1.12 bits per heavy atom. The summed E-state index contributed by atoms with van der Waals surface area (Å²) < 4.78 is 25.6. The van der Waals surface area contributed by atoms with E-state index in [1.165, 1.54) is 0 Å². The van der Waals surface area contributed by atoms with Crippen LogP contribution in [-0.4, -0.2) is 20.2 Å². The van der Waals surface area contributed by atoms with Gasteiger partial charge in [-0.1, -0.05) is 6.92 Å². The predicted molar refractivity (Wildman–Crippen MR) is 72.9 cm³/mol. The lowest BCUT2D eigenvalue weighted by Gasteiger charge is -2.11. The van der Waals surface area contributed by atoms with Crippen LogP contribution in [0.4, 0.5) is 11.4 Å². The first-order valence-corrected chi connectivity index (χ1v) is 7.45. The fourth-order valence-corrected chi connectivity index (χ4v) is 2.60. The van der Waals surface area contributed by atoms with E-state index < -0.39 is 10.0 Å². The molecule has 0 spiro atoms. The van der Waals surface area contributed by atoms with E-state index in [4.69, 9.17) is 0 Å². The van der Waals surface area contributed by atoms with E-state index in [0.717, 1.165) is 5.69 Å². The van der Waals surface area contributed by atoms with Crippen molar-refractivity contribution < 1.29 is 8.42 Å². The van der Waals surface area contributed by atoms with Crippen LogP contribution in [0.2, 0.25) is 0 Å². The van der Waals surface area contributed by atoms with E-state index in [1.807, 2.05) is 19.1 Å². The maximum atomic E-state index is 11.5. The topological polar surface area (TPSA) is 58.2 Å². The largest absolute Gasteiger partial charge is 0.383 e. The molecule has 2 N–H and O–H groups in total. The molecule has 4 nitrogen and oxygen atoms in total. The van der Waals surface area contributed by atoms with Crippen molar-refractivity contribution in [2.45, 2.75) is 33.2 Å². The van der Waals surface area contributed by atoms with Gasteiger partial charge in [-0.2, -0.15) is 0 Å². The molecule has 0 amide bonds. The molecule has 96 valence electrons. The third-order valence-corrected chi connectivity index (χ3v) is 3.58. The zero-order valence-electron chi connectivity index (χ0n) is 10.5. The van der Waals surface area contributed by atoms with Gasteiger partial charge in [0.2, 0.25) is 10.0 Å². The Kier molecular flexibility index (Phi) is 4.81. The molecule has 0 radical (unpaired) electrons. The Labute approximate surface area is 103 Å². The SMILES string of the molecule is CCCS(=O)(=O)Nc1ccc(NC(C)C)cc1. The number of hydrogen-bond acceptors (Lipinski definition) is 3. The number of hydrogen-bond donors (Lipinski definition) is 2. The summed E-state index contributed by atoms with van der Waals surface area (Å²) in [7, 11) is -3.19. The molecular formula is C12H20N2O2S. The highest BCUT2D eigenvalue weighted by Gasteiger charge is 2.08. The summed E-state index contributed by atoms with van der Waals surface area (Å²) in [6.07, 6.45) is 0.613. The molecule has 0 heterocycles.